The largest absolute Gasteiger partial charge is 0.360 e. The molecule has 0 atom stereocenters. The molecule has 5 heteroatoms. The van der Waals surface area contributed by atoms with Crippen LogP contribution in [0.25, 0.3) is 42.9 Å². The Hall–Kier alpha value is -3.18. The van der Waals surface area contributed by atoms with Gasteiger partial charge in [-0.15, -0.1) is 11.3 Å². The van der Waals surface area contributed by atoms with Gasteiger partial charge in [0.25, 0.3) is 5.56 Å². The number of nitrogens with zero attached hydrogens (tertiary/aromatic N) is 1. The third-order valence-corrected chi connectivity index (χ3v) is 5.38. The van der Waals surface area contributed by atoms with Crippen LogP contribution in [0, 0.1) is 0 Å². The second kappa shape index (κ2) is 5.43. The average Bonchev–Trinajstić information content (AvgIpc) is 3.27. The van der Waals surface area contributed by atoms with Crippen molar-refractivity contribution in [2.45, 2.75) is 0 Å². The minimum Gasteiger partial charge on any atom is -0.360 e. The molecule has 3 heterocycles. The number of aromatic nitrogens is 3. The SMILES string of the molecule is O=c1[nH]c(-c2c[nH]c3ccccc23)nc2sc(-c3ccccc3)cc12. The molecule has 2 N–H and O–H groups in total. The summed E-state index contributed by atoms with van der Waals surface area (Å²) < 4.78 is 0. The molecule has 120 valence electrons. The summed E-state index contributed by atoms with van der Waals surface area (Å²) >= 11 is 1.54. The fourth-order valence-corrected chi connectivity index (χ4v) is 4.11. The molecule has 4 nitrogen and oxygen atoms in total. The zero-order valence-electron chi connectivity index (χ0n) is 13.1. The zero-order chi connectivity index (χ0) is 16.8. The molecule has 2 aromatic carbocycles. The number of nitrogens with one attached hydrogen (secondary N) is 2. The predicted octanol–water partition coefficient (Wildman–Crippen LogP) is 4.80. The van der Waals surface area contributed by atoms with E-state index < -0.39 is 0 Å². The van der Waals surface area contributed by atoms with E-state index >= 15 is 0 Å². The minimum absolute atomic E-state index is 0.108. The third kappa shape index (κ3) is 2.28. The molecule has 3 aromatic heterocycles. The summed E-state index contributed by atoms with van der Waals surface area (Å²) in [6, 6.07) is 20.0. The average molecular weight is 343 g/mol. The first-order valence-corrected chi connectivity index (χ1v) is 8.77. The second-order valence-corrected chi connectivity index (χ2v) is 6.89. The van der Waals surface area contributed by atoms with Crippen LogP contribution in [-0.4, -0.2) is 15.0 Å². The summed E-state index contributed by atoms with van der Waals surface area (Å²) in [7, 11) is 0. The fraction of sp³-hybridized carbons (Fsp3) is 0. The van der Waals surface area contributed by atoms with Gasteiger partial charge in [0.15, 0.2) is 0 Å². The normalized spacial score (nSPS) is 11.4. The molecule has 0 saturated heterocycles. The van der Waals surface area contributed by atoms with Gasteiger partial charge in [-0.05, 0) is 17.7 Å². The summed E-state index contributed by atoms with van der Waals surface area (Å²) in [5.41, 5.74) is 2.92. The molecule has 0 spiro atoms. The highest BCUT2D eigenvalue weighted by Gasteiger charge is 2.13. The van der Waals surface area contributed by atoms with E-state index in [1.807, 2.05) is 66.9 Å². The van der Waals surface area contributed by atoms with Crippen molar-refractivity contribution in [2.24, 2.45) is 0 Å². The number of benzene rings is 2. The van der Waals surface area contributed by atoms with Gasteiger partial charge in [-0.3, -0.25) is 4.79 Å². The van der Waals surface area contributed by atoms with E-state index in [-0.39, 0.29) is 5.56 Å². The minimum atomic E-state index is -0.108. The van der Waals surface area contributed by atoms with Crippen LogP contribution in [0.1, 0.15) is 0 Å². The Morgan fingerprint density at radius 1 is 0.920 bits per heavy atom. The van der Waals surface area contributed by atoms with Crippen molar-refractivity contribution in [3.05, 3.63) is 77.2 Å². The van der Waals surface area contributed by atoms with Gasteiger partial charge in [-0.1, -0.05) is 48.5 Å². The molecule has 25 heavy (non-hydrogen) atoms. The molecule has 0 aliphatic carbocycles. The van der Waals surface area contributed by atoms with E-state index in [1.165, 1.54) is 0 Å². The summed E-state index contributed by atoms with van der Waals surface area (Å²) in [6.07, 6.45) is 1.89. The Morgan fingerprint density at radius 3 is 2.60 bits per heavy atom. The van der Waals surface area contributed by atoms with Gasteiger partial charge in [0.05, 0.1) is 5.39 Å². The van der Waals surface area contributed by atoms with Crippen molar-refractivity contribution in [3.63, 3.8) is 0 Å². The fourth-order valence-electron chi connectivity index (χ4n) is 3.07. The number of rotatable bonds is 2. The highest BCUT2D eigenvalue weighted by Crippen LogP contribution is 2.32. The highest BCUT2D eigenvalue weighted by atomic mass is 32.1. The summed E-state index contributed by atoms with van der Waals surface area (Å²) in [5, 5.41) is 1.68. The van der Waals surface area contributed by atoms with Crippen LogP contribution in [0.4, 0.5) is 0 Å². The van der Waals surface area contributed by atoms with Gasteiger partial charge in [0, 0.05) is 27.5 Å². The number of thiophene rings is 1. The van der Waals surface area contributed by atoms with E-state index in [2.05, 4.69) is 9.97 Å². The Bertz CT molecular complexity index is 1260. The second-order valence-electron chi connectivity index (χ2n) is 5.86. The van der Waals surface area contributed by atoms with Crippen LogP contribution in [0.3, 0.4) is 0 Å². The lowest BCUT2D eigenvalue weighted by molar-refractivity contribution is 1.19. The lowest BCUT2D eigenvalue weighted by atomic mass is 10.1. The van der Waals surface area contributed by atoms with E-state index in [9.17, 15) is 4.79 Å². The van der Waals surface area contributed by atoms with Crippen LogP contribution in [0.2, 0.25) is 0 Å². The quantitative estimate of drug-likeness (QED) is 0.484. The predicted molar refractivity (Wildman–Crippen MR) is 103 cm³/mol. The van der Waals surface area contributed by atoms with Crippen molar-refractivity contribution in [2.75, 3.05) is 0 Å². The maximum absolute atomic E-state index is 12.6. The molecule has 0 fully saturated rings. The molecule has 0 unspecified atom stereocenters. The van der Waals surface area contributed by atoms with Crippen LogP contribution in [-0.2, 0) is 0 Å². The summed E-state index contributed by atoms with van der Waals surface area (Å²) in [5.74, 6) is 0.594. The number of aromatic amines is 2. The summed E-state index contributed by atoms with van der Waals surface area (Å²) in [4.78, 5) is 25.2. The molecule has 5 aromatic rings. The molecule has 0 saturated carbocycles. The monoisotopic (exact) mass is 343 g/mol. The van der Waals surface area contributed by atoms with Crippen molar-refractivity contribution in [1.82, 2.24) is 15.0 Å². The Balaban J connectivity index is 1.72. The highest BCUT2D eigenvalue weighted by molar-refractivity contribution is 7.21. The van der Waals surface area contributed by atoms with Gasteiger partial charge in [-0.25, -0.2) is 4.98 Å². The van der Waals surface area contributed by atoms with Gasteiger partial charge in [0.1, 0.15) is 10.7 Å². The molecule has 0 aliphatic heterocycles. The molecule has 0 radical (unpaired) electrons. The standard InChI is InChI=1S/C20H13N3OS/c24-19-14-10-17(12-6-2-1-3-7-12)25-20(14)23-18(22-19)15-11-21-16-9-5-4-8-13(15)16/h1-11,21H,(H,22,23,24). The van der Waals surface area contributed by atoms with Crippen LogP contribution >= 0.6 is 11.3 Å². The lowest BCUT2D eigenvalue weighted by Crippen LogP contribution is -2.07. The molecule has 0 aliphatic rings. The molecular weight excluding hydrogens is 330 g/mol. The third-order valence-electron chi connectivity index (χ3n) is 4.31. The van der Waals surface area contributed by atoms with E-state index in [0.29, 0.717) is 11.2 Å². The first-order valence-electron chi connectivity index (χ1n) is 7.95. The van der Waals surface area contributed by atoms with Crippen molar-refractivity contribution in [3.8, 4) is 21.8 Å². The van der Waals surface area contributed by atoms with Crippen LogP contribution in [0.15, 0.2) is 71.7 Å². The van der Waals surface area contributed by atoms with Crippen molar-refractivity contribution in [1.29, 1.82) is 0 Å². The molecule has 5 rings (SSSR count). The number of H-pyrrole nitrogens is 2. The van der Waals surface area contributed by atoms with E-state index in [0.717, 1.165) is 31.7 Å². The first kappa shape index (κ1) is 14.2. The Labute approximate surface area is 146 Å². The molecular formula is C20H13N3OS. The Kier molecular flexibility index (Phi) is 3.08. The summed E-state index contributed by atoms with van der Waals surface area (Å²) in [6.45, 7) is 0. The first-order chi connectivity index (χ1) is 12.3. The molecule has 0 bridgehead atoms. The number of hydrogen-bond donors (Lipinski definition) is 2. The van der Waals surface area contributed by atoms with Crippen LogP contribution in [0.5, 0.6) is 0 Å². The van der Waals surface area contributed by atoms with Crippen molar-refractivity contribution < 1.29 is 0 Å². The Morgan fingerprint density at radius 2 is 1.72 bits per heavy atom. The smallest absolute Gasteiger partial charge is 0.259 e. The van der Waals surface area contributed by atoms with E-state index in [4.69, 9.17) is 4.98 Å². The van der Waals surface area contributed by atoms with E-state index in [1.54, 1.807) is 11.3 Å². The van der Waals surface area contributed by atoms with Crippen LogP contribution < -0.4 is 5.56 Å². The lowest BCUT2D eigenvalue weighted by Gasteiger charge is -1.99. The number of fused-ring (bicyclic) bond motifs is 2. The van der Waals surface area contributed by atoms with Gasteiger partial charge < -0.3 is 9.97 Å². The van der Waals surface area contributed by atoms with Gasteiger partial charge in [-0.2, -0.15) is 0 Å². The topological polar surface area (TPSA) is 61.5 Å². The van der Waals surface area contributed by atoms with Gasteiger partial charge in [0.2, 0.25) is 0 Å². The maximum Gasteiger partial charge on any atom is 0.259 e. The maximum atomic E-state index is 12.6. The zero-order valence-corrected chi connectivity index (χ0v) is 13.9. The van der Waals surface area contributed by atoms with Gasteiger partial charge >= 0.3 is 0 Å². The number of para-hydroxylation sites is 1. The molecule has 0 amide bonds. The van der Waals surface area contributed by atoms with Crippen molar-refractivity contribution >= 4 is 32.5 Å². The number of hydrogen-bond acceptors (Lipinski definition) is 3.